The van der Waals surface area contributed by atoms with Crippen LogP contribution < -0.4 is 10.1 Å². The quantitative estimate of drug-likeness (QED) is 0.756. The number of nitrogens with one attached hydrogen (secondary N) is 1. The minimum absolute atomic E-state index is 0.0641. The number of aromatic nitrogens is 1. The highest BCUT2D eigenvalue weighted by Crippen LogP contribution is 2.35. The van der Waals surface area contributed by atoms with Gasteiger partial charge in [0, 0.05) is 11.6 Å². The summed E-state index contributed by atoms with van der Waals surface area (Å²) in [6, 6.07) is 6.78. The molecule has 0 saturated carbocycles. The second-order valence-electron chi connectivity index (χ2n) is 4.10. The lowest BCUT2D eigenvalue weighted by Gasteiger charge is -2.14. The highest BCUT2D eigenvalue weighted by atomic mass is 32.1. The van der Waals surface area contributed by atoms with Gasteiger partial charge < -0.3 is 10.1 Å². The van der Waals surface area contributed by atoms with Gasteiger partial charge in [0.25, 0.3) is 0 Å². The Labute approximate surface area is 117 Å². The highest BCUT2D eigenvalue weighted by Gasteiger charge is 2.38. The van der Waals surface area contributed by atoms with Gasteiger partial charge in [0.05, 0.1) is 17.3 Å². The molecule has 20 heavy (non-hydrogen) atoms. The SMILES string of the molecule is FC(F)(F)C1=CNC(=S)c2cnc3ccccc3c2O1. The monoisotopic (exact) mass is 296 g/mol. The number of halogens is 3. The van der Waals surface area contributed by atoms with E-state index in [0.29, 0.717) is 16.5 Å². The summed E-state index contributed by atoms with van der Waals surface area (Å²) in [5.74, 6) is -1.08. The van der Waals surface area contributed by atoms with E-state index >= 15 is 0 Å². The summed E-state index contributed by atoms with van der Waals surface area (Å²) in [7, 11) is 0. The Hall–Kier alpha value is -2.15. The lowest BCUT2D eigenvalue weighted by atomic mass is 10.1. The van der Waals surface area contributed by atoms with E-state index in [0.717, 1.165) is 6.20 Å². The first kappa shape index (κ1) is 12.9. The van der Waals surface area contributed by atoms with Crippen LogP contribution in [0.5, 0.6) is 5.75 Å². The van der Waals surface area contributed by atoms with Crippen LogP contribution in [0.1, 0.15) is 5.56 Å². The number of alkyl halides is 3. The molecule has 0 aliphatic carbocycles. The molecular formula is C13H7F3N2OS. The van der Waals surface area contributed by atoms with Gasteiger partial charge >= 0.3 is 6.18 Å². The molecule has 0 fully saturated rings. The number of nitrogens with zero attached hydrogens (tertiary/aromatic N) is 1. The zero-order valence-corrected chi connectivity index (χ0v) is 10.7. The second-order valence-corrected chi connectivity index (χ2v) is 4.51. The third-order valence-electron chi connectivity index (χ3n) is 2.80. The number of benzene rings is 1. The zero-order chi connectivity index (χ0) is 14.3. The first-order valence-corrected chi connectivity index (χ1v) is 6.01. The first-order valence-electron chi connectivity index (χ1n) is 5.60. The number of hydrogen-bond acceptors (Lipinski definition) is 3. The zero-order valence-electron chi connectivity index (χ0n) is 9.86. The molecule has 1 aromatic carbocycles. The summed E-state index contributed by atoms with van der Waals surface area (Å²) in [6.07, 6.45) is -2.48. The molecule has 2 heterocycles. The molecule has 7 heteroatoms. The Kier molecular flexibility index (Phi) is 2.86. The molecule has 0 radical (unpaired) electrons. The van der Waals surface area contributed by atoms with Crippen molar-refractivity contribution in [3.8, 4) is 5.75 Å². The molecule has 0 bridgehead atoms. The Bertz CT molecular complexity index is 740. The van der Waals surface area contributed by atoms with Gasteiger partial charge in [0.2, 0.25) is 5.76 Å². The summed E-state index contributed by atoms with van der Waals surface area (Å²) in [6.45, 7) is 0. The van der Waals surface area contributed by atoms with Gasteiger partial charge in [-0.15, -0.1) is 0 Å². The third kappa shape index (κ3) is 2.09. The van der Waals surface area contributed by atoms with Crippen molar-refractivity contribution in [2.24, 2.45) is 0 Å². The van der Waals surface area contributed by atoms with Gasteiger partial charge in [-0.1, -0.05) is 24.4 Å². The molecule has 0 spiro atoms. The number of allylic oxidation sites excluding steroid dienone is 1. The fourth-order valence-corrected chi connectivity index (χ4v) is 2.08. The van der Waals surface area contributed by atoms with Crippen LogP contribution in [0, 0.1) is 0 Å². The van der Waals surface area contributed by atoms with Crippen LogP contribution in [0.3, 0.4) is 0 Å². The van der Waals surface area contributed by atoms with Crippen molar-refractivity contribution in [1.82, 2.24) is 10.3 Å². The Morgan fingerprint density at radius 2 is 1.95 bits per heavy atom. The third-order valence-corrected chi connectivity index (χ3v) is 3.13. The summed E-state index contributed by atoms with van der Waals surface area (Å²) in [5.41, 5.74) is 0.867. The van der Waals surface area contributed by atoms with Gasteiger partial charge in [-0.2, -0.15) is 13.2 Å². The number of para-hydroxylation sites is 1. The van der Waals surface area contributed by atoms with Gasteiger partial charge in [-0.25, -0.2) is 0 Å². The van der Waals surface area contributed by atoms with Gasteiger partial charge in [0.1, 0.15) is 10.7 Å². The Morgan fingerprint density at radius 1 is 1.20 bits per heavy atom. The Morgan fingerprint density at radius 3 is 2.70 bits per heavy atom. The average Bonchev–Trinajstić information content (AvgIpc) is 2.58. The second kappa shape index (κ2) is 4.45. The van der Waals surface area contributed by atoms with E-state index in [-0.39, 0.29) is 10.7 Å². The standard InChI is InChI=1S/C13H7F3N2OS/c14-13(15,16)10-6-18-12(20)8-5-17-9-4-2-1-3-7(9)11(8)19-10/h1-6H,(H,18,20). The van der Waals surface area contributed by atoms with E-state index in [9.17, 15) is 13.2 Å². The van der Waals surface area contributed by atoms with E-state index in [4.69, 9.17) is 17.0 Å². The molecule has 0 unspecified atom stereocenters. The fourth-order valence-electron chi connectivity index (χ4n) is 1.88. The minimum atomic E-state index is -4.60. The van der Waals surface area contributed by atoms with Crippen molar-refractivity contribution in [3.63, 3.8) is 0 Å². The minimum Gasteiger partial charge on any atom is -0.449 e. The fraction of sp³-hybridized carbons (Fsp3) is 0.0769. The summed E-state index contributed by atoms with van der Waals surface area (Å²) in [5, 5.41) is 2.88. The van der Waals surface area contributed by atoms with Crippen LogP contribution in [0.4, 0.5) is 13.2 Å². The van der Waals surface area contributed by atoms with Crippen LogP contribution >= 0.6 is 12.2 Å². The number of rotatable bonds is 0. The highest BCUT2D eigenvalue weighted by molar-refractivity contribution is 7.80. The van der Waals surface area contributed by atoms with Crippen molar-refractivity contribution in [2.45, 2.75) is 6.18 Å². The molecule has 0 saturated heterocycles. The normalized spacial score (nSPS) is 14.9. The van der Waals surface area contributed by atoms with Crippen LogP contribution in [0.2, 0.25) is 0 Å². The number of fused-ring (bicyclic) bond motifs is 3. The smallest absolute Gasteiger partial charge is 0.449 e. The molecule has 1 aliphatic heterocycles. The number of hydrogen-bond donors (Lipinski definition) is 1. The van der Waals surface area contributed by atoms with E-state index < -0.39 is 11.9 Å². The lowest BCUT2D eigenvalue weighted by molar-refractivity contribution is -0.116. The molecule has 2 aromatic rings. The van der Waals surface area contributed by atoms with Crippen molar-refractivity contribution in [2.75, 3.05) is 0 Å². The van der Waals surface area contributed by atoms with E-state index in [1.54, 1.807) is 24.3 Å². The molecular weight excluding hydrogens is 289 g/mol. The van der Waals surface area contributed by atoms with Crippen molar-refractivity contribution in [3.05, 3.63) is 48.0 Å². The average molecular weight is 296 g/mol. The molecule has 1 N–H and O–H groups in total. The van der Waals surface area contributed by atoms with E-state index in [1.807, 2.05) is 0 Å². The van der Waals surface area contributed by atoms with Crippen LogP contribution in [-0.2, 0) is 0 Å². The van der Waals surface area contributed by atoms with Crippen molar-refractivity contribution >= 4 is 28.1 Å². The van der Waals surface area contributed by atoms with Gasteiger partial charge in [-0.05, 0) is 12.1 Å². The molecule has 1 aromatic heterocycles. The maximum atomic E-state index is 12.9. The molecule has 0 amide bonds. The molecule has 102 valence electrons. The predicted molar refractivity (Wildman–Crippen MR) is 71.3 cm³/mol. The topological polar surface area (TPSA) is 34.2 Å². The van der Waals surface area contributed by atoms with E-state index in [2.05, 4.69) is 10.3 Å². The Balaban J connectivity index is 2.24. The molecule has 1 aliphatic rings. The van der Waals surface area contributed by atoms with Crippen molar-refractivity contribution in [1.29, 1.82) is 0 Å². The predicted octanol–water partition coefficient (Wildman–Crippen LogP) is 3.30. The number of pyridine rings is 1. The van der Waals surface area contributed by atoms with Crippen LogP contribution in [-0.4, -0.2) is 16.1 Å². The van der Waals surface area contributed by atoms with Crippen LogP contribution in [0.15, 0.2) is 42.4 Å². The van der Waals surface area contributed by atoms with Crippen molar-refractivity contribution < 1.29 is 17.9 Å². The van der Waals surface area contributed by atoms with Crippen LogP contribution in [0.25, 0.3) is 10.9 Å². The largest absolute Gasteiger partial charge is 0.451 e. The summed E-state index contributed by atoms with van der Waals surface area (Å²) < 4.78 is 43.6. The van der Waals surface area contributed by atoms with Gasteiger partial charge in [-0.3, -0.25) is 4.98 Å². The molecule has 0 atom stereocenters. The molecule has 3 rings (SSSR count). The summed E-state index contributed by atoms with van der Waals surface area (Å²) in [4.78, 5) is 4.30. The number of thiocarbonyl (C=S) groups is 1. The number of ether oxygens (including phenoxy) is 1. The summed E-state index contributed by atoms with van der Waals surface area (Å²) >= 11 is 5.04. The first-order chi connectivity index (χ1) is 9.47. The van der Waals surface area contributed by atoms with Gasteiger partial charge in [0.15, 0.2) is 0 Å². The van der Waals surface area contributed by atoms with E-state index in [1.165, 1.54) is 6.20 Å². The maximum Gasteiger partial charge on any atom is 0.451 e. The maximum absolute atomic E-state index is 12.9. The molecule has 3 nitrogen and oxygen atoms in total. The lowest BCUT2D eigenvalue weighted by Crippen LogP contribution is -2.19.